The number of aromatic carboxylic acids is 2. The second kappa shape index (κ2) is 9.06. The molecule has 0 saturated carbocycles. The summed E-state index contributed by atoms with van der Waals surface area (Å²) in [5, 5.41) is 27.8. The topological polar surface area (TPSA) is 94.8 Å². The molecule has 0 unspecified atom stereocenters. The minimum atomic E-state index is -1.14. The number of benzene rings is 3. The molecule has 0 bridgehead atoms. The molecule has 3 N–H and O–H groups in total. The standard InChI is InChI=1S/C24H22O5/c25-22-15-19(10-13-21(22)24(28)29)7-6-18-3-1-2-17(14-18)5-4-16-8-11-20(12-9-16)23(26)27/h1-3,8-15,25H,4-7H2,(H,26,27)(H,28,29). The van der Waals surface area contributed by atoms with Crippen molar-refractivity contribution in [2.75, 3.05) is 0 Å². The number of rotatable bonds is 8. The number of hydrogen-bond donors (Lipinski definition) is 3. The molecule has 0 radical (unpaired) electrons. The second-order valence-electron chi connectivity index (χ2n) is 6.98. The molecule has 3 aromatic rings. The number of aryl methyl sites for hydroxylation is 4. The Morgan fingerprint density at radius 1 is 0.621 bits per heavy atom. The van der Waals surface area contributed by atoms with Crippen molar-refractivity contribution in [3.8, 4) is 5.75 Å². The first-order valence-corrected chi connectivity index (χ1v) is 9.37. The molecule has 3 aromatic carbocycles. The summed E-state index contributed by atoms with van der Waals surface area (Å²) >= 11 is 0. The van der Waals surface area contributed by atoms with Gasteiger partial charge in [0.15, 0.2) is 0 Å². The lowest BCUT2D eigenvalue weighted by molar-refractivity contribution is 0.0684. The van der Waals surface area contributed by atoms with E-state index in [9.17, 15) is 14.7 Å². The monoisotopic (exact) mass is 390 g/mol. The van der Waals surface area contributed by atoms with Crippen molar-refractivity contribution in [3.05, 3.63) is 100 Å². The largest absolute Gasteiger partial charge is 0.507 e. The Labute approximate surface area is 168 Å². The summed E-state index contributed by atoms with van der Waals surface area (Å²) in [5.41, 5.74) is 4.55. The van der Waals surface area contributed by atoms with Crippen molar-refractivity contribution >= 4 is 11.9 Å². The van der Waals surface area contributed by atoms with Gasteiger partial charge in [0.05, 0.1) is 5.56 Å². The zero-order valence-electron chi connectivity index (χ0n) is 15.8. The van der Waals surface area contributed by atoms with E-state index in [1.54, 1.807) is 18.2 Å². The Bertz CT molecular complexity index is 1020. The minimum Gasteiger partial charge on any atom is -0.507 e. The summed E-state index contributed by atoms with van der Waals surface area (Å²) in [5.74, 6) is -2.27. The summed E-state index contributed by atoms with van der Waals surface area (Å²) in [6.45, 7) is 0. The molecule has 0 aliphatic carbocycles. The van der Waals surface area contributed by atoms with Gasteiger partial charge >= 0.3 is 11.9 Å². The van der Waals surface area contributed by atoms with E-state index in [1.807, 2.05) is 18.2 Å². The van der Waals surface area contributed by atoms with E-state index in [2.05, 4.69) is 18.2 Å². The van der Waals surface area contributed by atoms with Gasteiger partial charge in [-0.15, -0.1) is 0 Å². The molecule has 29 heavy (non-hydrogen) atoms. The van der Waals surface area contributed by atoms with Crippen LogP contribution in [0, 0.1) is 0 Å². The van der Waals surface area contributed by atoms with Crippen molar-refractivity contribution in [2.24, 2.45) is 0 Å². The highest BCUT2D eigenvalue weighted by Crippen LogP contribution is 2.20. The summed E-state index contributed by atoms with van der Waals surface area (Å²) in [6.07, 6.45) is 3.17. The Kier molecular flexibility index (Phi) is 6.29. The lowest BCUT2D eigenvalue weighted by Gasteiger charge is -2.08. The van der Waals surface area contributed by atoms with Crippen LogP contribution < -0.4 is 0 Å². The highest BCUT2D eigenvalue weighted by atomic mass is 16.4. The average molecular weight is 390 g/mol. The van der Waals surface area contributed by atoms with Gasteiger partial charge in [0.1, 0.15) is 11.3 Å². The Morgan fingerprint density at radius 3 is 1.66 bits per heavy atom. The van der Waals surface area contributed by atoms with E-state index in [1.165, 1.54) is 23.3 Å². The molecule has 148 valence electrons. The average Bonchev–Trinajstić information content (AvgIpc) is 2.71. The molecule has 0 aromatic heterocycles. The molecule has 0 spiro atoms. The summed E-state index contributed by atoms with van der Waals surface area (Å²) in [6, 6.07) is 19.9. The van der Waals surface area contributed by atoms with Crippen molar-refractivity contribution in [2.45, 2.75) is 25.7 Å². The first-order chi connectivity index (χ1) is 13.9. The zero-order chi connectivity index (χ0) is 20.8. The van der Waals surface area contributed by atoms with Gasteiger partial charge in [0, 0.05) is 0 Å². The molecule has 3 rings (SSSR count). The van der Waals surface area contributed by atoms with Gasteiger partial charge < -0.3 is 15.3 Å². The molecular formula is C24H22O5. The number of hydrogen-bond acceptors (Lipinski definition) is 3. The minimum absolute atomic E-state index is 0.0906. The summed E-state index contributed by atoms with van der Waals surface area (Å²) < 4.78 is 0. The maximum Gasteiger partial charge on any atom is 0.339 e. The second-order valence-corrected chi connectivity index (χ2v) is 6.98. The van der Waals surface area contributed by atoms with Gasteiger partial charge in [-0.3, -0.25) is 0 Å². The van der Waals surface area contributed by atoms with E-state index in [0.29, 0.717) is 6.42 Å². The van der Waals surface area contributed by atoms with Crippen molar-refractivity contribution < 1.29 is 24.9 Å². The van der Waals surface area contributed by atoms with Crippen LogP contribution in [0.4, 0.5) is 0 Å². The molecule has 0 heterocycles. The molecule has 5 heteroatoms. The SMILES string of the molecule is O=C(O)c1ccc(CCc2cccc(CCc3ccc(C(=O)O)c(O)c3)c2)cc1. The van der Waals surface area contributed by atoms with E-state index < -0.39 is 11.9 Å². The summed E-state index contributed by atoms with van der Waals surface area (Å²) in [7, 11) is 0. The van der Waals surface area contributed by atoms with Crippen LogP contribution in [0.5, 0.6) is 5.75 Å². The van der Waals surface area contributed by atoms with Crippen molar-refractivity contribution in [1.82, 2.24) is 0 Å². The third kappa shape index (κ3) is 5.45. The first-order valence-electron chi connectivity index (χ1n) is 9.37. The Balaban J connectivity index is 1.58. The fourth-order valence-corrected chi connectivity index (χ4v) is 3.25. The molecule has 0 aliphatic heterocycles. The van der Waals surface area contributed by atoms with Crippen LogP contribution in [0.2, 0.25) is 0 Å². The van der Waals surface area contributed by atoms with Gasteiger partial charge in [-0.05, 0) is 72.2 Å². The van der Waals surface area contributed by atoms with Crippen LogP contribution in [0.15, 0.2) is 66.7 Å². The molecule has 0 atom stereocenters. The van der Waals surface area contributed by atoms with Gasteiger partial charge in [-0.25, -0.2) is 9.59 Å². The van der Waals surface area contributed by atoms with E-state index in [4.69, 9.17) is 10.2 Å². The fraction of sp³-hybridized carbons (Fsp3) is 0.167. The predicted molar refractivity (Wildman–Crippen MR) is 110 cm³/mol. The number of carboxylic acid groups (broad SMARTS) is 2. The molecular weight excluding hydrogens is 368 g/mol. The number of phenols is 1. The van der Waals surface area contributed by atoms with Gasteiger partial charge in [-0.2, -0.15) is 0 Å². The van der Waals surface area contributed by atoms with Crippen molar-refractivity contribution in [3.63, 3.8) is 0 Å². The van der Waals surface area contributed by atoms with Crippen LogP contribution in [-0.2, 0) is 25.7 Å². The van der Waals surface area contributed by atoms with Gasteiger partial charge in [-0.1, -0.05) is 42.5 Å². The number of carboxylic acids is 2. The highest BCUT2D eigenvalue weighted by molar-refractivity contribution is 5.90. The predicted octanol–water partition coefficient (Wildman–Crippen LogP) is 4.36. The number of carbonyl (C=O) groups is 2. The smallest absolute Gasteiger partial charge is 0.339 e. The maximum absolute atomic E-state index is 11.0. The van der Waals surface area contributed by atoms with E-state index in [-0.39, 0.29) is 16.9 Å². The third-order valence-electron chi connectivity index (χ3n) is 4.89. The van der Waals surface area contributed by atoms with Crippen LogP contribution in [0.25, 0.3) is 0 Å². The van der Waals surface area contributed by atoms with Crippen LogP contribution in [0.1, 0.15) is 43.0 Å². The third-order valence-corrected chi connectivity index (χ3v) is 4.89. The Morgan fingerprint density at radius 2 is 1.14 bits per heavy atom. The lowest BCUT2D eigenvalue weighted by Crippen LogP contribution is -1.99. The van der Waals surface area contributed by atoms with Crippen LogP contribution in [-0.4, -0.2) is 27.3 Å². The fourth-order valence-electron chi connectivity index (χ4n) is 3.25. The molecule has 0 amide bonds. The molecule has 0 fully saturated rings. The van der Waals surface area contributed by atoms with E-state index >= 15 is 0 Å². The zero-order valence-corrected chi connectivity index (χ0v) is 15.8. The van der Waals surface area contributed by atoms with Gasteiger partial charge in [0.25, 0.3) is 0 Å². The van der Waals surface area contributed by atoms with Gasteiger partial charge in [0.2, 0.25) is 0 Å². The molecule has 0 saturated heterocycles. The van der Waals surface area contributed by atoms with Crippen molar-refractivity contribution in [1.29, 1.82) is 0 Å². The quantitative estimate of drug-likeness (QED) is 0.531. The lowest BCUT2D eigenvalue weighted by atomic mass is 9.98. The maximum atomic E-state index is 11.0. The molecule has 0 aliphatic rings. The highest BCUT2D eigenvalue weighted by Gasteiger charge is 2.09. The number of aromatic hydroxyl groups is 1. The molecule has 5 nitrogen and oxygen atoms in total. The Hall–Kier alpha value is -3.60. The van der Waals surface area contributed by atoms with Crippen LogP contribution in [0.3, 0.4) is 0 Å². The van der Waals surface area contributed by atoms with Crippen LogP contribution >= 0.6 is 0 Å². The normalized spacial score (nSPS) is 10.6. The summed E-state index contributed by atoms with van der Waals surface area (Å²) in [4.78, 5) is 21.9. The van der Waals surface area contributed by atoms with E-state index in [0.717, 1.165) is 30.4 Å². The first kappa shape index (κ1) is 20.1.